The van der Waals surface area contributed by atoms with Crippen LogP contribution in [0.2, 0.25) is 0 Å². The van der Waals surface area contributed by atoms with Crippen LogP contribution in [0.15, 0.2) is 0 Å². The zero-order valence-corrected chi connectivity index (χ0v) is 10.3. The first-order chi connectivity index (χ1) is 6.11. The second kappa shape index (κ2) is 10.0. The summed E-state index contributed by atoms with van der Waals surface area (Å²) in [5.41, 5.74) is 0. The third kappa shape index (κ3) is 8.29. The Balaban J connectivity index is 0. The largest absolute Gasteiger partial charge is 0.393 e. The Hall–Kier alpha value is -0.0400. The summed E-state index contributed by atoms with van der Waals surface area (Å²) in [7, 11) is 0. The summed E-state index contributed by atoms with van der Waals surface area (Å²) in [5.74, 6) is 1.41. The van der Waals surface area contributed by atoms with Gasteiger partial charge in [-0.25, -0.2) is 0 Å². The summed E-state index contributed by atoms with van der Waals surface area (Å²) in [6.07, 6.45) is 2.98. The smallest absolute Gasteiger partial charge is 0.0540 e. The van der Waals surface area contributed by atoms with Gasteiger partial charge in [0.05, 0.1) is 6.10 Å². The Labute approximate surface area is 84.6 Å². The van der Waals surface area contributed by atoms with E-state index in [1.54, 1.807) is 0 Å². The number of hydrogen-bond acceptors (Lipinski definition) is 1. The first-order valence-corrected chi connectivity index (χ1v) is 5.79. The Bertz CT molecular complexity index is 89.1. The topological polar surface area (TPSA) is 20.2 Å². The average Bonchev–Trinajstić information content (AvgIpc) is 2.16. The minimum Gasteiger partial charge on any atom is -0.393 e. The highest BCUT2D eigenvalue weighted by Crippen LogP contribution is 2.21. The van der Waals surface area contributed by atoms with Gasteiger partial charge in [-0.1, -0.05) is 48.0 Å². The van der Waals surface area contributed by atoms with Crippen molar-refractivity contribution in [3.05, 3.63) is 0 Å². The highest BCUT2D eigenvalue weighted by atomic mass is 16.3. The molecule has 0 aliphatic rings. The minimum absolute atomic E-state index is 0.0812. The van der Waals surface area contributed by atoms with Gasteiger partial charge in [-0.2, -0.15) is 0 Å². The quantitative estimate of drug-likeness (QED) is 0.694. The predicted molar refractivity (Wildman–Crippen MR) is 60.9 cm³/mol. The molecule has 0 radical (unpaired) electrons. The maximum atomic E-state index is 9.41. The van der Waals surface area contributed by atoms with Crippen molar-refractivity contribution in [2.75, 3.05) is 0 Å². The molecule has 0 aliphatic heterocycles. The fraction of sp³-hybridized carbons (Fsp3) is 1.00. The summed E-state index contributed by atoms with van der Waals surface area (Å²) in [6.45, 7) is 12.7. The molecule has 1 heteroatoms. The maximum Gasteiger partial charge on any atom is 0.0540 e. The van der Waals surface area contributed by atoms with Crippen LogP contribution >= 0.6 is 0 Å². The van der Waals surface area contributed by atoms with Gasteiger partial charge < -0.3 is 5.11 Å². The molecule has 0 aliphatic carbocycles. The summed E-state index contributed by atoms with van der Waals surface area (Å²) < 4.78 is 0. The highest BCUT2D eigenvalue weighted by Gasteiger charge is 2.14. The van der Waals surface area contributed by atoms with E-state index >= 15 is 0 Å². The SMILES string of the molecule is CC.CCC(O)CC(CC)C(C)C. The van der Waals surface area contributed by atoms with Crippen molar-refractivity contribution in [1.82, 2.24) is 0 Å². The molecule has 0 fully saturated rings. The molecule has 1 nitrogen and oxygen atoms in total. The van der Waals surface area contributed by atoms with E-state index in [1.165, 1.54) is 6.42 Å². The lowest BCUT2D eigenvalue weighted by molar-refractivity contribution is 0.123. The zero-order valence-electron chi connectivity index (χ0n) is 10.3. The Morgan fingerprint density at radius 1 is 1.00 bits per heavy atom. The van der Waals surface area contributed by atoms with E-state index in [0.717, 1.165) is 12.8 Å². The van der Waals surface area contributed by atoms with Gasteiger partial charge in [0, 0.05) is 0 Å². The number of aliphatic hydroxyl groups is 1. The van der Waals surface area contributed by atoms with E-state index in [9.17, 15) is 5.11 Å². The number of aliphatic hydroxyl groups excluding tert-OH is 1. The van der Waals surface area contributed by atoms with Crippen LogP contribution < -0.4 is 0 Å². The van der Waals surface area contributed by atoms with E-state index in [1.807, 2.05) is 20.8 Å². The molecule has 0 saturated heterocycles. The molecule has 0 bridgehead atoms. The van der Waals surface area contributed by atoms with Crippen molar-refractivity contribution in [1.29, 1.82) is 0 Å². The van der Waals surface area contributed by atoms with E-state index in [0.29, 0.717) is 11.8 Å². The van der Waals surface area contributed by atoms with Gasteiger partial charge in [0.1, 0.15) is 0 Å². The van der Waals surface area contributed by atoms with Gasteiger partial charge in [-0.05, 0) is 24.7 Å². The lowest BCUT2D eigenvalue weighted by Gasteiger charge is -2.21. The van der Waals surface area contributed by atoms with Gasteiger partial charge in [-0.3, -0.25) is 0 Å². The summed E-state index contributed by atoms with van der Waals surface area (Å²) in [4.78, 5) is 0. The van der Waals surface area contributed by atoms with Crippen LogP contribution in [0.4, 0.5) is 0 Å². The van der Waals surface area contributed by atoms with E-state index in [4.69, 9.17) is 0 Å². The van der Waals surface area contributed by atoms with Gasteiger partial charge in [0.15, 0.2) is 0 Å². The molecule has 0 aromatic carbocycles. The molecular formula is C12H28O. The highest BCUT2D eigenvalue weighted by molar-refractivity contribution is 4.65. The molecule has 0 amide bonds. The van der Waals surface area contributed by atoms with Crippen molar-refractivity contribution in [2.24, 2.45) is 11.8 Å². The van der Waals surface area contributed by atoms with Crippen molar-refractivity contribution in [3.63, 3.8) is 0 Å². The predicted octanol–water partition coefficient (Wildman–Crippen LogP) is 3.86. The molecule has 0 spiro atoms. The maximum absolute atomic E-state index is 9.41. The van der Waals surface area contributed by atoms with Gasteiger partial charge >= 0.3 is 0 Å². The normalized spacial score (nSPS) is 14.8. The fourth-order valence-corrected chi connectivity index (χ4v) is 1.43. The van der Waals surface area contributed by atoms with Gasteiger partial charge in [0.2, 0.25) is 0 Å². The first-order valence-electron chi connectivity index (χ1n) is 5.79. The second-order valence-electron chi connectivity index (χ2n) is 3.71. The molecule has 1 N–H and O–H groups in total. The molecule has 0 aromatic rings. The summed E-state index contributed by atoms with van der Waals surface area (Å²) in [6, 6.07) is 0. The van der Waals surface area contributed by atoms with Crippen LogP contribution in [0.5, 0.6) is 0 Å². The van der Waals surface area contributed by atoms with Crippen molar-refractivity contribution in [3.8, 4) is 0 Å². The molecule has 82 valence electrons. The lowest BCUT2D eigenvalue weighted by atomic mass is 9.87. The lowest BCUT2D eigenvalue weighted by Crippen LogP contribution is -2.16. The molecule has 13 heavy (non-hydrogen) atoms. The van der Waals surface area contributed by atoms with Crippen LogP contribution in [0, 0.1) is 11.8 Å². The van der Waals surface area contributed by atoms with E-state index in [2.05, 4.69) is 20.8 Å². The zero-order chi connectivity index (χ0) is 10.9. The standard InChI is InChI=1S/C10H22O.C2H6/c1-5-9(8(3)4)7-10(11)6-2;1-2/h8-11H,5-7H2,1-4H3;1-2H3. The Morgan fingerprint density at radius 2 is 1.46 bits per heavy atom. The molecular weight excluding hydrogens is 160 g/mol. The summed E-state index contributed by atoms with van der Waals surface area (Å²) >= 11 is 0. The van der Waals surface area contributed by atoms with Crippen LogP contribution in [0.1, 0.15) is 60.8 Å². The molecule has 0 aromatic heterocycles. The third-order valence-electron chi connectivity index (χ3n) is 2.51. The third-order valence-corrected chi connectivity index (χ3v) is 2.51. The average molecular weight is 188 g/mol. The van der Waals surface area contributed by atoms with Crippen molar-refractivity contribution < 1.29 is 5.11 Å². The number of hydrogen-bond donors (Lipinski definition) is 1. The fourth-order valence-electron chi connectivity index (χ4n) is 1.43. The summed E-state index contributed by atoms with van der Waals surface area (Å²) in [5, 5.41) is 9.41. The van der Waals surface area contributed by atoms with Crippen molar-refractivity contribution >= 4 is 0 Å². The Kier molecular flexibility index (Phi) is 11.9. The van der Waals surface area contributed by atoms with Crippen LogP contribution in [0.25, 0.3) is 0 Å². The second-order valence-corrected chi connectivity index (χ2v) is 3.71. The van der Waals surface area contributed by atoms with Crippen molar-refractivity contribution in [2.45, 2.75) is 66.9 Å². The molecule has 0 saturated carbocycles. The monoisotopic (exact) mass is 188 g/mol. The number of rotatable bonds is 5. The Morgan fingerprint density at radius 3 is 1.69 bits per heavy atom. The molecule has 2 unspecified atom stereocenters. The van der Waals surface area contributed by atoms with Crippen LogP contribution in [0.3, 0.4) is 0 Å². The van der Waals surface area contributed by atoms with Gasteiger partial charge in [-0.15, -0.1) is 0 Å². The van der Waals surface area contributed by atoms with Gasteiger partial charge in [0.25, 0.3) is 0 Å². The molecule has 0 heterocycles. The van der Waals surface area contributed by atoms with E-state index < -0.39 is 0 Å². The van der Waals surface area contributed by atoms with Crippen LogP contribution in [-0.2, 0) is 0 Å². The first kappa shape index (κ1) is 15.4. The molecule has 2 atom stereocenters. The van der Waals surface area contributed by atoms with E-state index in [-0.39, 0.29) is 6.10 Å². The minimum atomic E-state index is -0.0812. The van der Waals surface area contributed by atoms with Crippen LogP contribution in [-0.4, -0.2) is 11.2 Å². The molecule has 0 rings (SSSR count).